The highest BCUT2D eigenvalue weighted by Gasteiger charge is 2.14. The number of halogens is 4. The van der Waals surface area contributed by atoms with Gasteiger partial charge >= 0.3 is 0 Å². The van der Waals surface area contributed by atoms with E-state index in [0.717, 1.165) is 18.2 Å². The van der Waals surface area contributed by atoms with Crippen molar-refractivity contribution in [2.45, 2.75) is 6.10 Å². The van der Waals surface area contributed by atoms with Gasteiger partial charge in [-0.2, -0.15) is 0 Å². The lowest BCUT2D eigenvalue weighted by Crippen LogP contribution is -2.13. The predicted octanol–water partition coefficient (Wildman–Crippen LogP) is 3.39. The van der Waals surface area contributed by atoms with E-state index in [2.05, 4.69) is 5.32 Å². The van der Waals surface area contributed by atoms with Crippen molar-refractivity contribution in [3.63, 3.8) is 0 Å². The van der Waals surface area contributed by atoms with Crippen LogP contribution in [0.1, 0.15) is 11.7 Å². The first-order chi connectivity index (χ1) is 9.49. The molecule has 2 aromatic rings. The van der Waals surface area contributed by atoms with Crippen molar-refractivity contribution in [3.8, 4) is 0 Å². The van der Waals surface area contributed by atoms with Crippen molar-refractivity contribution >= 4 is 5.69 Å². The predicted molar refractivity (Wildman–Crippen MR) is 66.2 cm³/mol. The van der Waals surface area contributed by atoms with Gasteiger partial charge in [0.15, 0.2) is 17.5 Å². The van der Waals surface area contributed by atoms with Crippen LogP contribution in [0.5, 0.6) is 0 Å². The van der Waals surface area contributed by atoms with Crippen LogP contribution in [0.4, 0.5) is 23.2 Å². The molecule has 106 valence electrons. The molecule has 6 heteroatoms. The summed E-state index contributed by atoms with van der Waals surface area (Å²) in [5.41, 5.74) is 0.0137. The fourth-order valence-electron chi connectivity index (χ4n) is 1.70. The Hall–Kier alpha value is -2.08. The van der Waals surface area contributed by atoms with E-state index >= 15 is 0 Å². The molecule has 0 aliphatic carbocycles. The minimum atomic E-state index is -1.59. The van der Waals surface area contributed by atoms with E-state index in [1.807, 2.05) is 0 Å². The van der Waals surface area contributed by atoms with Crippen molar-refractivity contribution in [3.05, 3.63) is 65.2 Å². The third kappa shape index (κ3) is 3.08. The van der Waals surface area contributed by atoms with Crippen molar-refractivity contribution < 1.29 is 22.7 Å². The molecule has 20 heavy (non-hydrogen) atoms. The number of rotatable bonds is 4. The summed E-state index contributed by atoms with van der Waals surface area (Å²) in [6, 6.07) is 7.07. The SMILES string of the molecule is OC(CNc1ccc(F)c(F)c1F)c1cccc(F)c1. The van der Waals surface area contributed by atoms with Crippen LogP contribution in [-0.4, -0.2) is 11.7 Å². The Morgan fingerprint density at radius 3 is 2.45 bits per heavy atom. The molecule has 0 aliphatic heterocycles. The fourth-order valence-corrected chi connectivity index (χ4v) is 1.70. The Balaban J connectivity index is 2.07. The fraction of sp³-hybridized carbons (Fsp3) is 0.143. The van der Waals surface area contributed by atoms with E-state index < -0.39 is 29.4 Å². The molecule has 0 aliphatic rings. The summed E-state index contributed by atoms with van der Waals surface area (Å²) in [7, 11) is 0. The molecule has 2 nitrogen and oxygen atoms in total. The van der Waals surface area contributed by atoms with Crippen molar-refractivity contribution in [2.24, 2.45) is 0 Å². The van der Waals surface area contributed by atoms with Crippen LogP contribution in [0.15, 0.2) is 36.4 Å². The molecule has 0 bridgehead atoms. The molecular weight excluding hydrogens is 274 g/mol. The molecule has 0 spiro atoms. The third-order valence-corrected chi connectivity index (χ3v) is 2.75. The molecule has 0 radical (unpaired) electrons. The topological polar surface area (TPSA) is 32.3 Å². The maximum absolute atomic E-state index is 13.4. The zero-order valence-corrected chi connectivity index (χ0v) is 10.2. The summed E-state index contributed by atoms with van der Waals surface area (Å²) in [6.45, 7) is -0.175. The van der Waals surface area contributed by atoms with Gasteiger partial charge in [0.1, 0.15) is 5.82 Å². The van der Waals surface area contributed by atoms with Gasteiger partial charge in [0.05, 0.1) is 11.8 Å². The lowest BCUT2D eigenvalue weighted by molar-refractivity contribution is 0.191. The van der Waals surface area contributed by atoms with Gasteiger partial charge in [-0.1, -0.05) is 12.1 Å². The summed E-state index contributed by atoms with van der Waals surface area (Å²) in [6.07, 6.45) is -1.11. The molecule has 0 fully saturated rings. The summed E-state index contributed by atoms with van der Waals surface area (Å²) >= 11 is 0. The normalized spacial score (nSPS) is 12.2. The minimum Gasteiger partial charge on any atom is -0.387 e. The molecule has 0 amide bonds. The highest BCUT2D eigenvalue weighted by Crippen LogP contribution is 2.21. The van der Waals surface area contributed by atoms with Crippen molar-refractivity contribution in [2.75, 3.05) is 11.9 Å². The summed E-state index contributed by atoms with van der Waals surface area (Å²) < 4.78 is 52.1. The molecule has 0 saturated carbocycles. The van der Waals surface area contributed by atoms with Crippen molar-refractivity contribution in [1.29, 1.82) is 0 Å². The average Bonchev–Trinajstić information content (AvgIpc) is 2.44. The Labute approximate surface area is 112 Å². The van der Waals surface area contributed by atoms with E-state index in [0.29, 0.717) is 5.56 Å². The van der Waals surface area contributed by atoms with Gasteiger partial charge in [0, 0.05) is 6.54 Å². The maximum Gasteiger partial charge on any atom is 0.196 e. The minimum absolute atomic E-state index is 0.175. The molecule has 2 rings (SSSR count). The third-order valence-electron chi connectivity index (χ3n) is 2.75. The standard InChI is InChI=1S/C14H11F4NO/c15-9-3-1-2-8(6-9)12(20)7-19-11-5-4-10(16)13(17)14(11)18/h1-6,12,19-20H,7H2. The Bertz CT molecular complexity index is 618. The van der Waals surface area contributed by atoms with E-state index in [1.165, 1.54) is 18.2 Å². The first kappa shape index (κ1) is 14.3. The summed E-state index contributed by atoms with van der Waals surface area (Å²) in [4.78, 5) is 0. The first-order valence-corrected chi connectivity index (χ1v) is 5.80. The van der Waals surface area contributed by atoms with Crippen LogP contribution in [0.3, 0.4) is 0 Å². The number of aliphatic hydroxyl groups excluding tert-OH is 1. The van der Waals surface area contributed by atoms with Crippen LogP contribution in [0, 0.1) is 23.3 Å². The van der Waals surface area contributed by atoms with Gasteiger partial charge in [0.25, 0.3) is 0 Å². The lowest BCUT2D eigenvalue weighted by Gasteiger charge is -2.14. The number of anilines is 1. The largest absolute Gasteiger partial charge is 0.387 e. The molecule has 2 aromatic carbocycles. The van der Waals surface area contributed by atoms with Gasteiger partial charge in [-0.3, -0.25) is 0 Å². The second-order valence-corrected chi connectivity index (χ2v) is 4.17. The first-order valence-electron chi connectivity index (χ1n) is 5.80. The number of hydrogen-bond acceptors (Lipinski definition) is 2. The monoisotopic (exact) mass is 285 g/mol. The molecule has 1 atom stereocenters. The maximum atomic E-state index is 13.4. The molecule has 1 unspecified atom stereocenters. The van der Waals surface area contributed by atoms with E-state index in [4.69, 9.17) is 0 Å². The van der Waals surface area contributed by atoms with Gasteiger partial charge < -0.3 is 10.4 Å². The van der Waals surface area contributed by atoms with Crippen molar-refractivity contribution in [1.82, 2.24) is 0 Å². The second-order valence-electron chi connectivity index (χ2n) is 4.17. The summed E-state index contributed by atoms with van der Waals surface area (Å²) in [5.74, 6) is -4.76. The highest BCUT2D eigenvalue weighted by molar-refractivity contribution is 5.45. The number of aliphatic hydroxyl groups is 1. The average molecular weight is 285 g/mol. The second kappa shape index (κ2) is 5.92. The van der Waals surface area contributed by atoms with Gasteiger partial charge in [-0.05, 0) is 29.8 Å². The number of hydrogen-bond donors (Lipinski definition) is 2. The van der Waals surface area contributed by atoms with Crippen LogP contribution in [-0.2, 0) is 0 Å². The Kier molecular flexibility index (Phi) is 4.24. The molecular formula is C14H11F4NO. The molecule has 0 saturated heterocycles. The quantitative estimate of drug-likeness (QED) is 0.666. The van der Waals surface area contributed by atoms with Gasteiger partial charge in [-0.25, -0.2) is 17.6 Å². The van der Waals surface area contributed by atoms with Crippen LogP contribution in [0.25, 0.3) is 0 Å². The van der Waals surface area contributed by atoms with Crippen LogP contribution >= 0.6 is 0 Å². The zero-order valence-electron chi connectivity index (χ0n) is 10.2. The molecule has 0 heterocycles. The van der Waals surface area contributed by atoms with Crippen LogP contribution < -0.4 is 5.32 Å². The zero-order chi connectivity index (χ0) is 14.7. The molecule has 0 aromatic heterocycles. The van der Waals surface area contributed by atoms with Gasteiger partial charge in [0.2, 0.25) is 0 Å². The van der Waals surface area contributed by atoms with E-state index in [9.17, 15) is 22.7 Å². The van der Waals surface area contributed by atoms with Crippen LogP contribution in [0.2, 0.25) is 0 Å². The summed E-state index contributed by atoms with van der Waals surface area (Å²) in [5, 5.41) is 12.2. The smallest absolute Gasteiger partial charge is 0.196 e. The van der Waals surface area contributed by atoms with Gasteiger partial charge in [-0.15, -0.1) is 0 Å². The highest BCUT2D eigenvalue weighted by atomic mass is 19.2. The number of nitrogens with one attached hydrogen (secondary N) is 1. The Morgan fingerprint density at radius 1 is 1.00 bits per heavy atom. The Morgan fingerprint density at radius 2 is 1.75 bits per heavy atom. The number of benzene rings is 2. The van der Waals surface area contributed by atoms with E-state index in [-0.39, 0.29) is 12.2 Å². The molecule has 2 N–H and O–H groups in total. The lowest BCUT2D eigenvalue weighted by atomic mass is 10.1. The van der Waals surface area contributed by atoms with E-state index in [1.54, 1.807) is 0 Å².